The van der Waals surface area contributed by atoms with E-state index in [1.54, 1.807) is 26.8 Å². The van der Waals surface area contributed by atoms with Gasteiger partial charge in [0, 0.05) is 19.6 Å². The normalized spacial score (nSPS) is 14.2. The largest absolute Gasteiger partial charge is 0.445 e. The van der Waals surface area contributed by atoms with Gasteiger partial charge in [0.25, 0.3) is 0 Å². The van der Waals surface area contributed by atoms with Crippen LogP contribution in [-0.2, 0) is 28.8 Å². The summed E-state index contributed by atoms with van der Waals surface area (Å²) in [6, 6.07) is 13.0. The van der Waals surface area contributed by atoms with Crippen LogP contribution in [0.1, 0.15) is 49.4 Å². The highest BCUT2D eigenvalue weighted by Gasteiger charge is 2.35. The first-order valence-corrected chi connectivity index (χ1v) is 11.2. The molecule has 0 saturated heterocycles. The van der Waals surface area contributed by atoms with E-state index in [0.717, 1.165) is 11.6 Å². The summed E-state index contributed by atoms with van der Waals surface area (Å²) in [5.41, 5.74) is 0.438. The van der Waals surface area contributed by atoms with Gasteiger partial charge in [0.05, 0.1) is 5.56 Å². The number of alkyl carbamates (subject to hydrolysis) is 1. The molecule has 9 heteroatoms. The zero-order valence-corrected chi connectivity index (χ0v) is 19.9. The Morgan fingerprint density at radius 1 is 1.03 bits per heavy atom. The number of halogens is 3. The van der Waals surface area contributed by atoms with Crippen molar-refractivity contribution < 1.29 is 32.2 Å². The van der Waals surface area contributed by atoms with Crippen LogP contribution in [0.15, 0.2) is 54.6 Å². The lowest BCUT2D eigenvalue weighted by Gasteiger charge is -2.27. The van der Waals surface area contributed by atoms with Crippen LogP contribution in [0.3, 0.4) is 0 Å². The molecule has 0 aliphatic carbocycles. The third-order valence-corrected chi connectivity index (χ3v) is 5.24. The van der Waals surface area contributed by atoms with Crippen LogP contribution in [0.5, 0.6) is 0 Å². The highest BCUT2D eigenvalue weighted by atomic mass is 19.4. The van der Waals surface area contributed by atoms with Gasteiger partial charge in [-0.05, 0) is 61.6 Å². The van der Waals surface area contributed by atoms with Gasteiger partial charge < -0.3 is 19.7 Å². The van der Waals surface area contributed by atoms with E-state index in [4.69, 9.17) is 9.47 Å². The molecule has 0 unspecified atom stereocenters. The van der Waals surface area contributed by atoms with E-state index in [-0.39, 0.29) is 38.2 Å². The second-order valence-electron chi connectivity index (χ2n) is 9.20. The second-order valence-corrected chi connectivity index (χ2v) is 9.20. The molecule has 3 rings (SSSR count). The average molecular weight is 491 g/mol. The summed E-state index contributed by atoms with van der Waals surface area (Å²) >= 11 is 0. The lowest BCUT2D eigenvalue weighted by Crippen LogP contribution is -2.35. The van der Waals surface area contributed by atoms with Crippen molar-refractivity contribution in [1.82, 2.24) is 10.2 Å². The number of hydrogen-bond acceptors (Lipinski definition) is 4. The summed E-state index contributed by atoms with van der Waals surface area (Å²) in [5.74, 6) is 0. The molecular weight excluding hydrogens is 461 g/mol. The van der Waals surface area contributed by atoms with Crippen molar-refractivity contribution in [3.05, 3.63) is 76.9 Å². The average Bonchev–Trinajstić information content (AvgIpc) is 2.80. The van der Waals surface area contributed by atoms with Crippen LogP contribution >= 0.6 is 0 Å². The number of carbonyl (C=O) groups excluding carboxylic acids is 2. The van der Waals surface area contributed by atoms with E-state index in [1.807, 2.05) is 30.3 Å². The Morgan fingerprint density at radius 2 is 1.74 bits per heavy atom. The van der Waals surface area contributed by atoms with E-state index < -0.39 is 29.5 Å². The summed E-state index contributed by atoms with van der Waals surface area (Å²) in [5, 5.41) is 2.56. The molecule has 0 radical (unpaired) electrons. The third-order valence-electron chi connectivity index (χ3n) is 5.24. The van der Waals surface area contributed by atoms with Crippen molar-refractivity contribution >= 4 is 17.8 Å². The van der Waals surface area contributed by atoms with E-state index in [0.29, 0.717) is 11.1 Å². The van der Waals surface area contributed by atoms with Crippen molar-refractivity contribution in [3.8, 4) is 0 Å². The predicted molar refractivity (Wildman–Crippen MR) is 125 cm³/mol. The number of nitrogens with one attached hydrogen (secondary N) is 1. The SMILES string of the molecule is CC(C)(C)OC(=O)NCc1ccc(C(F)(F)F)c(C2=CCN(C(=O)OCc3ccccc3)CC2)c1. The third kappa shape index (κ3) is 7.77. The molecule has 1 aliphatic heterocycles. The Hall–Kier alpha value is -3.49. The summed E-state index contributed by atoms with van der Waals surface area (Å²) < 4.78 is 51.6. The molecule has 0 atom stereocenters. The van der Waals surface area contributed by atoms with E-state index in [2.05, 4.69) is 5.32 Å². The zero-order chi connectivity index (χ0) is 25.6. The number of amides is 2. The Morgan fingerprint density at radius 3 is 2.34 bits per heavy atom. The van der Waals surface area contributed by atoms with E-state index in [9.17, 15) is 22.8 Å². The van der Waals surface area contributed by atoms with Crippen molar-refractivity contribution in [1.29, 1.82) is 0 Å². The second kappa shape index (κ2) is 10.8. The monoisotopic (exact) mass is 490 g/mol. The molecule has 0 saturated carbocycles. The fraction of sp³-hybridized carbons (Fsp3) is 0.385. The summed E-state index contributed by atoms with van der Waals surface area (Å²) in [4.78, 5) is 25.8. The first-order valence-electron chi connectivity index (χ1n) is 11.2. The number of rotatable bonds is 5. The molecule has 188 valence electrons. The van der Waals surface area contributed by atoms with Crippen LogP contribution in [0.25, 0.3) is 5.57 Å². The molecule has 0 fully saturated rings. The predicted octanol–water partition coefficient (Wildman–Crippen LogP) is 6.16. The maximum absolute atomic E-state index is 13.7. The van der Waals surface area contributed by atoms with Gasteiger partial charge in [-0.3, -0.25) is 0 Å². The Bertz CT molecular complexity index is 1080. The smallest absolute Gasteiger partial charge is 0.416 e. The number of benzene rings is 2. The number of carbonyl (C=O) groups is 2. The first kappa shape index (κ1) is 26.1. The fourth-order valence-corrected chi connectivity index (χ4v) is 3.59. The maximum atomic E-state index is 13.7. The van der Waals surface area contributed by atoms with Crippen LogP contribution in [0.2, 0.25) is 0 Å². The Balaban J connectivity index is 1.70. The number of ether oxygens (including phenoxy) is 2. The van der Waals surface area contributed by atoms with Crippen molar-refractivity contribution in [2.45, 2.75) is 52.1 Å². The summed E-state index contributed by atoms with van der Waals surface area (Å²) in [6.07, 6.45) is -3.86. The fourth-order valence-electron chi connectivity index (χ4n) is 3.59. The van der Waals surface area contributed by atoms with Crippen LogP contribution in [0.4, 0.5) is 22.8 Å². The molecule has 0 spiro atoms. The van der Waals surface area contributed by atoms with E-state index in [1.165, 1.54) is 17.0 Å². The standard InChI is InChI=1S/C26H29F3N2O4/c1-25(2,3)35-23(32)30-16-19-9-10-22(26(27,28)29)21(15-19)20-11-13-31(14-12-20)24(33)34-17-18-7-5-4-6-8-18/h4-11,15H,12-14,16-17H2,1-3H3,(H,30,32). The lowest BCUT2D eigenvalue weighted by molar-refractivity contribution is -0.137. The number of alkyl halides is 3. The van der Waals surface area contributed by atoms with Crippen molar-refractivity contribution in [3.63, 3.8) is 0 Å². The molecule has 0 bridgehead atoms. The minimum absolute atomic E-state index is 0.0191. The Labute approximate surface area is 202 Å². The molecule has 1 N–H and O–H groups in total. The van der Waals surface area contributed by atoms with Gasteiger partial charge in [0.2, 0.25) is 0 Å². The van der Waals surface area contributed by atoms with Crippen LogP contribution in [-0.4, -0.2) is 35.8 Å². The van der Waals surface area contributed by atoms with Gasteiger partial charge >= 0.3 is 18.4 Å². The maximum Gasteiger partial charge on any atom is 0.416 e. The molecule has 2 aromatic rings. The molecule has 6 nitrogen and oxygen atoms in total. The first-order chi connectivity index (χ1) is 16.4. The Kier molecular flexibility index (Phi) is 8.09. The van der Waals surface area contributed by atoms with Crippen LogP contribution in [0, 0.1) is 0 Å². The zero-order valence-electron chi connectivity index (χ0n) is 19.9. The molecule has 1 heterocycles. The number of hydrogen-bond donors (Lipinski definition) is 1. The minimum atomic E-state index is -4.54. The molecule has 2 aromatic carbocycles. The molecular formula is C26H29F3N2O4. The van der Waals surface area contributed by atoms with Gasteiger partial charge in [-0.15, -0.1) is 0 Å². The molecule has 0 aromatic heterocycles. The van der Waals surface area contributed by atoms with Gasteiger partial charge in [0.15, 0.2) is 0 Å². The summed E-state index contributed by atoms with van der Waals surface area (Å²) in [7, 11) is 0. The highest BCUT2D eigenvalue weighted by molar-refractivity contribution is 5.74. The minimum Gasteiger partial charge on any atom is -0.445 e. The van der Waals surface area contributed by atoms with Crippen molar-refractivity contribution in [2.24, 2.45) is 0 Å². The van der Waals surface area contributed by atoms with Gasteiger partial charge in [0.1, 0.15) is 12.2 Å². The van der Waals surface area contributed by atoms with Crippen LogP contribution < -0.4 is 5.32 Å². The molecule has 1 aliphatic rings. The van der Waals surface area contributed by atoms with Gasteiger partial charge in [-0.25, -0.2) is 9.59 Å². The topological polar surface area (TPSA) is 67.9 Å². The summed E-state index contributed by atoms with van der Waals surface area (Å²) in [6.45, 7) is 5.68. The highest BCUT2D eigenvalue weighted by Crippen LogP contribution is 2.37. The van der Waals surface area contributed by atoms with E-state index >= 15 is 0 Å². The molecule has 35 heavy (non-hydrogen) atoms. The lowest BCUT2D eigenvalue weighted by atomic mass is 9.93. The van der Waals surface area contributed by atoms with Gasteiger partial charge in [-0.1, -0.05) is 42.5 Å². The van der Waals surface area contributed by atoms with Crippen molar-refractivity contribution in [2.75, 3.05) is 13.1 Å². The van der Waals surface area contributed by atoms with Gasteiger partial charge in [-0.2, -0.15) is 13.2 Å². The number of nitrogens with zero attached hydrogens (tertiary/aromatic N) is 1. The quantitative estimate of drug-likeness (QED) is 0.545. The molecule has 2 amide bonds.